The van der Waals surface area contributed by atoms with Gasteiger partial charge in [0.15, 0.2) is 0 Å². The second-order valence-electron chi connectivity index (χ2n) is 6.02. The van der Waals surface area contributed by atoms with Gasteiger partial charge in [-0.25, -0.2) is 4.39 Å². The van der Waals surface area contributed by atoms with E-state index in [2.05, 4.69) is 18.9 Å². The fourth-order valence-electron chi connectivity index (χ4n) is 3.08. The van der Waals surface area contributed by atoms with Crippen LogP contribution in [0.3, 0.4) is 0 Å². The van der Waals surface area contributed by atoms with Crippen LogP contribution in [0.2, 0.25) is 0 Å². The lowest BCUT2D eigenvalue weighted by Crippen LogP contribution is -2.35. The van der Waals surface area contributed by atoms with E-state index < -0.39 is 0 Å². The van der Waals surface area contributed by atoms with E-state index in [-0.39, 0.29) is 10.8 Å². The number of hydrogen-bond donors (Lipinski definition) is 1. The van der Waals surface area contributed by atoms with Crippen molar-refractivity contribution in [2.45, 2.75) is 45.2 Å². The Bertz CT molecular complexity index is 489. The molecule has 0 radical (unpaired) electrons. The summed E-state index contributed by atoms with van der Waals surface area (Å²) in [4.78, 5) is 2.49. The van der Waals surface area contributed by atoms with Crippen LogP contribution in [0.1, 0.15) is 43.7 Å². The Kier molecular flexibility index (Phi) is 5.11. The van der Waals surface area contributed by atoms with E-state index in [0.717, 1.165) is 18.0 Å². The third kappa shape index (κ3) is 3.76. The number of nitrogens with zero attached hydrogens (tertiary/aromatic N) is 1. The van der Waals surface area contributed by atoms with Crippen molar-refractivity contribution in [1.29, 1.82) is 0 Å². The molecule has 2 N–H and O–H groups in total. The topological polar surface area (TPSA) is 29.3 Å². The van der Waals surface area contributed by atoms with Gasteiger partial charge in [-0.1, -0.05) is 38.0 Å². The summed E-state index contributed by atoms with van der Waals surface area (Å²) in [5, 5.41) is 0. The number of rotatable bonds is 4. The normalized spacial score (nSPS) is 23.0. The Labute approximate surface area is 126 Å². The summed E-state index contributed by atoms with van der Waals surface area (Å²) in [6.07, 6.45) is 5.15. The Hall–Kier alpha value is -1.00. The van der Waals surface area contributed by atoms with Crippen LogP contribution in [0.15, 0.2) is 18.2 Å². The molecule has 0 heterocycles. The lowest BCUT2D eigenvalue weighted by atomic mass is 9.86. The van der Waals surface area contributed by atoms with Gasteiger partial charge in [-0.2, -0.15) is 0 Å². The molecular formula is C16H23FN2S. The maximum absolute atomic E-state index is 13.6. The third-order valence-electron chi connectivity index (χ3n) is 4.26. The molecule has 0 spiro atoms. The van der Waals surface area contributed by atoms with E-state index in [4.69, 9.17) is 18.0 Å². The summed E-state index contributed by atoms with van der Waals surface area (Å²) in [6, 6.07) is 5.68. The van der Waals surface area contributed by atoms with Gasteiger partial charge in [0.25, 0.3) is 0 Å². The molecule has 0 aliphatic heterocycles. The van der Waals surface area contributed by atoms with Crippen LogP contribution >= 0.6 is 12.2 Å². The first-order valence-electron chi connectivity index (χ1n) is 7.26. The predicted octanol–water partition coefficient (Wildman–Crippen LogP) is 3.47. The summed E-state index contributed by atoms with van der Waals surface area (Å²) < 4.78 is 13.6. The summed E-state index contributed by atoms with van der Waals surface area (Å²) in [6.45, 7) is 3.14. The summed E-state index contributed by atoms with van der Waals surface area (Å²) >= 11 is 4.89. The predicted molar refractivity (Wildman–Crippen MR) is 85.2 cm³/mol. The second kappa shape index (κ2) is 6.64. The first kappa shape index (κ1) is 15.4. The number of halogens is 1. The number of nitrogens with two attached hydrogens (primary N) is 1. The first-order valence-corrected chi connectivity index (χ1v) is 7.66. The summed E-state index contributed by atoms with van der Waals surface area (Å²) in [7, 11) is 2.15. The van der Waals surface area contributed by atoms with Crippen molar-refractivity contribution in [2.24, 2.45) is 11.7 Å². The lowest BCUT2D eigenvalue weighted by molar-refractivity contribution is 0.157. The van der Waals surface area contributed by atoms with Gasteiger partial charge in [0, 0.05) is 18.2 Å². The maximum Gasteiger partial charge on any atom is 0.133 e. The molecule has 1 fully saturated rings. The average Bonchev–Trinajstić information content (AvgIpc) is 2.40. The van der Waals surface area contributed by atoms with Gasteiger partial charge in [-0.15, -0.1) is 0 Å². The highest BCUT2D eigenvalue weighted by molar-refractivity contribution is 7.80. The molecule has 1 saturated carbocycles. The molecule has 2 nitrogen and oxygen atoms in total. The molecule has 1 aliphatic rings. The minimum absolute atomic E-state index is 0.123. The number of thiocarbonyl (C=S) groups is 1. The maximum atomic E-state index is 13.6. The molecule has 0 amide bonds. The van der Waals surface area contributed by atoms with Crippen LogP contribution in [0.5, 0.6) is 0 Å². The SMILES string of the molecule is CC1CCCC(N(C)Cc2ccc(F)c(C(N)=S)c2)C1. The highest BCUT2D eigenvalue weighted by atomic mass is 32.1. The molecule has 0 bridgehead atoms. The van der Waals surface area contributed by atoms with Crippen molar-refractivity contribution in [1.82, 2.24) is 4.90 Å². The van der Waals surface area contributed by atoms with Gasteiger partial charge in [0.1, 0.15) is 10.8 Å². The van der Waals surface area contributed by atoms with Crippen LogP contribution in [0.25, 0.3) is 0 Å². The molecule has 1 aromatic carbocycles. The van der Waals surface area contributed by atoms with Crippen molar-refractivity contribution in [3.05, 3.63) is 35.1 Å². The number of benzene rings is 1. The molecule has 2 unspecified atom stereocenters. The molecule has 0 saturated heterocycles. The first-order chi connectivity index (χ1) is 9.47. The highest BCUT2D eigenvalue weighted by Crippen LogP contribution is 2.27. The van der Waals surface area contributed by atoms with E-state index >= 15 is 0 Å². The van der Waals surface area contributed by atoms with Crippen molar-refractivity contribution < 1.29 is 4.39 Å². The quantitative estimate of drug-likeness (QED) is 0.862. The van der Waals surface area contributed by atoms with E-state index in [9.17, 15) is 4.39 Å². The van der Waals surface area contributed by atoms with Gasteiger partial charge in [0.05, 0.1) is 0 Å². The van der Waals surface area contributed by atoms with Crippen molar-refractivity contribution in [2.75, 3.05) is 7.05 Å². The number of hydrogen-bond acceptors (Lipinski definition) is 2. The third-order valence-corrected chi connectivity index (χ3v) is 4.48. The van der Waals surface area contributed by atoms with E-state index in [1.54, 1.807) is 6.07 Å². The van der Waals surface area contributed by atoms with Crippen LogP contribution in [0.4, 0.5) is 4.39 Å². The van der Waals surface area contributed by atoms with Crippen molar-refractivity contribution in [3.63, 3.8) is 0 Å². The molecule has 2 atom stereocenters. The zero-order valence-electron chi connectivity index (χ0n) is 12.2. The van der Waals surface area contributed by atoms with Crippen LogP contribution in [0, 0.1) is 11.7 Å². The largest absolute Gasteiger partial charge is 0.389 e. The second-order valence-corrected chi connectivity index (χ2v) is 6.46. The zero-order valence-corrected chi connectivity index (χ0v) is 13.0. The van der Waals surface area contributed by atoms with E-state index in [0.29, 0.717) is 11.6 Å². The Morgan fingerprint density at radius 2 is 2.20 bits per heavy atom. The Morgan fingerprint density at radius 3 is 2.85 bits per heavy atom. The fraction of sp³-hybridized carbons (Fsp3) is 0.562. The standard InChI is InChI=1S/C16H23FN2S/c1-11-4-3-5-13(8-11)19(2)10-12-6-7-15(17)14(9-12)16(18)20/h6-7,9,11,13H,3-5,8,10H2,1-2H3,(H2,18,20). The van der Waals surface area contributed by atoms with Crippen LogP contribution < -0.4 is 5.73 Å². The summed E-state index contributed by atoms with van der Waals surface area (Å²) in [5.41, 5.74) is 6.97. The molecular weight excluding hydrogens is 271 g/mol. The minimum atomic E-state index is -0.338. The van der Waals surface area contributed by atoms with Crippen molar-refractivity contribution in [3.8, 4) is 0 Å². The Morgan fingerprint density at radius 1 is 1.45 bits per heavy atom. The van der Waals surface area contributed by atoms with E-state index in [1.807, 2.05) is 6.07 Å². The fourth-order valence-corrected chi connectivity index (χ4v) is 3.24. The van der Waals surface area contributed by atoms with Gasteiger partial charge in [-0.05, 0) is 43.5 Å². The van der Waals surface area contributed by atoms with Gasteiger partial charge < -0.3 is 5.73 Å². The molecule has 20 heavy (non-hydrogen) atoms. The lowest BCUT2D eigenvalue weighted by Gasteiger charge is -2.34. The van der Waals surface area contributed by atoms with Gasteiger partial charge >= 0.3 is 0 Å². The highest BCUT2D eigenvalue weighted by Gasteiger charge is 2.22. The van der Waals surface area contributed by atoms with Crippen LogP contribution in [-0.4, -0.2) is 23.0 Å². The molecule has 0 aromatic heterocycles. The van der Waals surface area contributed by atoms with Crippen molar-refractivity contribution >= 4 is 17.2 Å². The molecule has 2 rings (SSSR count). The minimum Gasteiger partial charge on any atom is -0.389 e. The smallest absolute Gasteiger partial charge is 0.133 e. The molecule has 1 aliphatic carbocycles. The molecule has 1 aromatic rings. The van der Waals surface area contributed by atoms with E-state index in [1.165, 1.54) is 31.7 Å². The van der Waals surface area contributed by atoms with Crippen LogP contribution in [-0.2, 0) is 6.54 Å². The zero-order chi connectivity index (χ0) is 14.7. The van der Waals surface area contributed by atoms with Gasteiger partial charge in [0.2, 0.25) is 0 Å². The van der Waals surface area contributed by atoms with Gasteiger partial charge in [-0.3, -0.25) is 4.90 Å². The average molecular weight is 294 g/mol. The summed E-state index contributed by atoms with van der Waals surface area (Å²) in [5.74, 6) is 0.465. The monoisotopic (exact) mass is 294 g/mol. The molecule has 4 heteroatoms. The Balaban J connectivity index is 2.05. The molecule has 110 valence electrons.